The number of rotatable bonds is 6. The number of aliphatic hydroxyl groups is 1. The van der Waals surface area contributed by atoms with E-state index < -0.39 is 0 Å². The lowest BCUT2D eigenvalue weighted by Crippen LogP contribution is -2.37. The van der Waals surface area contributed by atoms with Crippen LogP contribution in [0, 0.1) is 5.92 Å². The van der Waals surface area contributed by atoms with E-state index in [1.54, 1.807) is 0 Å². The third kappa shape index (κ3) is 3.30. The van der Waals surface area contributed by atoms with Gasteiger partial charge in [0.15, 0.2) is 0 Å². The highest BCUT2D eigenvalue weighted by Crippen LogP contribution is 2.37. The SMILES string of the molecule is CC[C@@H](CO)NC(c1cccs1)C1CCCC1. The third-order valence-electron chi connectivity index (χ3n) is 3.85. The molecule has 0 saturated heterocycles. The van der Waals surface area contributed by atoms with E-state index in [2.05, 4.69) is 29.8 Å². The monoisotopic (exact) mass is 253 g/mol. The van der Waals surface area contributed by atoms with E-state index in [4.69, 9.17) is 0 Å². The maximum atomic E-state index is 9.36. The van der Waals surface area contributed by atoms with Crippen LogP contribution in [0.1, 0.15) is 49.9 Å². The summed E-state index contributed by atoms with van der Waals surface area (Å²) in [5.74, 6) is 0.759. The lowest BCUT2D eigenvalue weighted by molar-refractivity contribution is 0.212. The average molecular weight is 253 g/mol. The van der Waals surface area contributed by atoms with Crippen LogP contribution >= 0.6 is 11.3 Å². The van der Waals surface area contributed by atoms with Gasteiger partial charge in [0.25, 0.3) is 0 Å². The molecule has 1 unspecified atom stereocenters. The van der Waals surface area contributed by atoms with Gasteiger partial charge in [-0.3, -0.25) is 0 Å². The fourth-order valence-electron chi connectivity index (χ4n) is 2.76. The second-order valence-corrected chi connectivity index (χ2v) is 5.97. The van der Waals surface area contributed by atoms with E-state index >= 15 is 0 Å². The highest BCUT2D eigenvalue weighted by molar-refractivity contribution is 7.10. The van der Waals surface area contributed by atoms with Crippen LogP contribution < -0.4 is 5.32 Å². The lowest BCUT2D eigenvalue weighted by atomic mass is 9.95. The minimum Gasteiger partial charge on any atom is -0.395 e. The van der Waals surface area contributed by atoms with E-state index in [1.807, 2.05) is 11.3 Å². The summed E-state index contributed by atoms with van der Waals surface area (Å²) in [6.45, 7) is 2.37. The minimum atomic E-state index is 0.239. The van der Waals surface area contributed by atoms with Gasteiger partial charge in [-0.05, 0) is 36.6 Å². The predicted molar refractivity (Wildman–Crippen MR) is 73.3 cm³/mol. The number of thiophene rings is 1. The van der Waals surface area contributed by atoms with Gasteiger partial charge in [0, 0.05) is 17.0 Å². The first-order valence-corrected chi connectivity index (χ1v) is 7.63. The van der Waals surface area contributed by atoms with Crippen molar-refractivity contribution in [3.63, 3.8) is 0 Å². The van der Waals surface area contributed by atoms with E-state index in [-0.39, 0.29) is 12.6 Å². The molecular formula is C14H23NOS. The van der Waals surface area contributed by atoms with Crippen LogP contribution in [-0.4, -0.2) is 17.8 Å². The first-order valence-electron chi connectivity index (χ1n) is 6.75. The molecule has 1 fully saturated rings. The van der Waals surface area contributed by atoms with Crippen molar-refractivity contribution in [3.8, 4) is 0 Å². The smallest absolute Gasteiger partial charge is 0.0584 e. The molecule has 0 radical (unpaired) electrons. The Kier molecular flexibility index (Phi) is 5.01. The molecule has 0 bridgehead atoms. The van der Waals surface area contributed by atoms with Crippen molar-refractivity contribution < 1.29 is 5.11 Å². The van der Waals surface area contributed by atoms with Gasteiger partial charge in [0.2, 0.25) is 0 Å². The molecule has 1 aromatic heterocycles. The van der Waals surface area contributed by atoms with Gasteiger partial charge in [0.05, 0.1) is 6.61 Å². The maximum Gasteiger partial charge on any atom is 0.0584 e. The molecule has 2 nitrogen and oxygen atoms in total. The second-order valence-electron chi connectivity index (χ2n) is 4.99. The predicted octanol–water partition coefficient (Wildman–Crippen LogP) is 3.34. The van der Waals surface area contributed by atoms with Crippen LogP contribution in [0.3, 0.4) is 0 Å². The minimum absolute atomic E-state index is 0.239. The van der Waals surface area contributed by atoms with Crippen LogP contribution in [0.2, 0.25) is 0 Å². The van der Waals surface area contributed by atoms with Gasteiger partial charge in [-0.1, -0.05) is 25.8 Å². The van der Waals surface area contributed by atoms with Crippen molar-refractivity contribution in [2.45, 2.75) is 51.1 Å². The Balaban J connectivity index is 2.06. The normalized spacial score (nSPS) is 20.6. The van der Waals surface area contributed by atoms with Crippen LogP contribution in [0.4, 0.5) is 0 Å². The molecule has 1 saturated carbocycles. The van der Waals surface area contributed by atoms with Crippen molar-refractivity contribution in [3.05, 3.63) is 22.4 Å². The van der Waals surface area contributed by atoms with E-state index in [0.717, 1.165) is 12.3 Å². The molecule has 1 heterocycles. The van der Waals surface area contributed by atoms with Gasteiger partial charge in [-0.15, -0.1) is 11.3 Å². The standard InChI is InChI=1S/C14H23NOS/c1-2-12(10-16)15-14(11-6-3-4-7-11)13-8-5-9-17-13/h5,8-9,11-12,14-16H,2-4,6-7,10H2,1H3/t12-,14?/m0/s1. The molecule has 1 aliphatic carbocycles. The topological polar surface area (TPSA) is 32.3 Å². The number of hydrogen-bond acceptors (Lipinski definition) is 3. The molecule has 3 heteroatoms. The van der Waals surface area contributed by atoms with Crippen LogP contribution in [0.25, 0.3) is 0 Å². The average Bonchev–Trinajstić information content (AvgIpc) is 3.03. The first-order chi connectivity index (χ1) is 8.35. The Labute approximate surface area is 108 Å². The van der Waals surface area contributed by atoms with Crippen molar-refractivity contribution in [1.29, 1.82) is 0 Å². The Morgan fingerprint density at radius 3 is 2.76 bits per heavy atom. The van der Waals surface area contributed by atoms with Gasteiger partial charge >= 0.3 is 0 Å². The highest BCUT2D eigenvalue weighted by Gasteiger charge is 2.28. The summed E-state index contributed by atoms with van der Waals surface area (Å²) in [7, 11) is 0. The summed E-state index contributed by atoms with van der Waals surface area (Å²) in [5, 5.41) is 15.2. The Morgan fingerprint density at radius 1 is 1.47 bits per heavy atom. The zero-order valence-electron chi connectivity index (χ0n) is 10.6. The van der Waals surface area contributed by atoms with Gasteiger partial charge in [0.1, 0.15) is 0 Å². The van der Waals surface area contributed by atoms with E-state index in [9.17, 15) is 5.11 Å². The number of aliphatic hydroxyl groups excluding tert-OH is 1. The van der Waals surface area contributed by atoms with Gasteiger partial charge in [-0.25, -0.2) is 0 Å². The van der Waals surface area contributed by atoms with Crippen molar-refractivity contribution >= 4 is 11.3 Å². The number of hydrogen-bond donors (Lipinski definition) is 2. The quantitative estimate of drug-likeness (QED) is 0.815. The molecule has 0 aliphatic heterocycles. The summed E-state index contributed by atoms with van der Waals surface area (Å²) in [6.07, 6.45) is 6.38. The molecule has 0 amide bonds. The largest absolute Gasteiger partial charge is 0.395 e. The fraction of sp³-hybridized carbons (Fsp3) is 0.714. The number of nitrogens with one attached hydrogen (secondary N) is 1. The van der Waals surface area contributed by atoms with Crippen molar-refractivity contribution in [1.82, 2.24) is 5.32 Å². The van der Waals surface area contributed by atoms with Crippen molar-refractivity contribution in [2.24, 2.45) is 5.92 Å². The van der Waals surface area contributed by atoms with E-state index in [0.29, 0.717) is 6.04 Å². The molecule has 1 aromatic rings. The Hall–Kier alpha value is -0.380. The summed E-state index contributed by atoms with van der Waals surface area (Å²) < 4.78 is 0. The molecule has 2 atom stereocenters. The second kappa shape index (κ2) is 6.53. The fourth-order valence-corrected chi connectivity index (χ4v) is 3.64. The molecule has 2 rings (SSSR count). The van der Waals surface area contributed by atoms with E-state index in [1.165, 1.54) is 30.6 Å². The molecule has 17 heavy (non-hydrogen) atoms. The van der Waals surface area contributed by atoms with Crippen molar-refractivity contribution in [2.75, 3.05) is 6.61 Å². The maximum absolute atomic E-state index is 9.36. The van der Waals surface area contributed by atoms with Crippen LogP contribution in [-0.2, 0) is 0 Å². The zero-order chi connectivity index (χ0) is 12.1. The molecule has 0 aromatic carbocycles. The summed E-state index contributed by atoms with van der Waals surface area (Å²) >= 11 is 1.84. The molecular weight excluding hydrogens is 230 g/mol. The summed E-state index contributed by atoms with van der Waals surface area (Å²) in [6, 6.07) is 5.05. The molecule has 2 N–H and O–H groups in total. The van der Waals surface area contributed by atoms with Gasteiger partial charge < -0.3 is 10.4 Å². The zero-order valence-corrected chi connectivity index (χ0v) is 11.4. The molecule has 0 spiro atoms. The third-order valence-corrected chi connectivity index (χ3v) is 4.80. The summed E-state index contributed by atoms with van der Waals surface area (Å²) in [4.78, 5) is 1.43. The van der Waals surface area contributed by atoms with Crippen LogP contribution in [0.15, 0.2) is 17.5 Å². The Morgan fingerprint density at radius 2 is 2.24 bits per heavy atom. The van der Waals surface area contributed by atoms with Gasteiger partial charge in [-0.2, -0.15) is 0 Å². The summed E-state index contributed by atoms with van der Waals surface area (Å²) in [5.41, 5.74) is 0. The van der Waals surface area contributed by atoms with Crippen LogP contribution in [0.5, 0.6) is 0 Å². The Bertz CT molecular complexity index is 302. The molecule has 96 valence electrons. The highest BCUT2D eigenvalue weighted by atomic mass is 32.1. The molecule has 1 aliphatic rings. The first kappa shape index (κ1) is 13.1. The lowest BCUT2D eigenvalue weighted by Gasteiger charge is -2.28.